The average molecular weight is 289 g/mol. The van der Waals surface area contributed by atoms with Crippen LogP contribution in [0.1, 0.15) is 21.5 Å². The van der Waals surface area contributed by atoms with Crippen molar-refractivity contribution in [2.45, 2.75) is 6.54 Å². The van der Waals surface area contributed by atoms with Gasteiger partial charge in [-0.2, -0.15) is 0 Å². The fourth-order valence-electron chi connectivity index (χ4n) is 1.68. The summed E-state index contributed by atoms with van der Waals surface area (Å²) < 4.78 is 4.07. The van der Waals surface area contributed by atoms with Crippen LogP contribution in [-0.4, -0.2) is 12.1 Å². The van der Waals surface area contributed by atoms with Crippen LogP contribution in [0.15, 0.2) is 59.8 Å². The van der Waals surface area contributed by atoms with Crippen LogP contribution in [-0.2, 0) is 10.9 Å². The van der Waals surface area contributed by atoms with E-state index >= 15 is 0 Å². The minimum absolute atomic E-state index is 0.120. The molecule has 20 heavy (non-hydrogen) atoms. The Balaban J connectivity index is 1.94. The van der Waals surface area contributed by atoms with Gasteiger partial charge in [-0.05, 0) is 23.3 Å². The van der Waals surface area contributed by atoms with Crippen molar-refractivity contribution in [2.75, 3.05) is 0 Å². The summed E-state index contributed by atoms with van der Waals surface area (Å²) in [5, 5.41) is 6.29. The van der Waals surface area contributed by atoms with E-state index in [0.29, 0.717) is 12.1 Å². The van der Waals surface area contributed by atoms with Gasteiger partial charge in [0.1, 0.15) is 0 Å². The number of benzene rings is 2. The maximum atomic E-state index is 12.0. The SMILES string of the molecule is O=C(NCc1ccccc1)c1ccc(C=NOCl)cc1. The minimum Gasteiger partial charge on any atom is -0.348 e. The van der Waals surface area contributed by atoms with Crippen LogP contribution in [0.5, 0.6) is 0 Å². The highest BCUT2D eigenvalue weighted by Gasteiger charge is 2.04. The summed E-state index contributed by atoms with van der Waals surface area (Å²) in [6.07, 6.45) is 1.46. The van der Waals surface area contributed by atoms with E-state index in [-0.39, 0.29) is 5.91 Å². The molecule has 1 amide bonds. The smallest absolute Gasteiger partial charge is 0.251 e. The highest BCUT2D eigenvalue weighted by atomic mass is 35.5. The van der Waals surface area contributed by atoms with Gasteiger partial charge in [0.05, 0.1) is 6.21 Å². The first-order chi connectivity index (χ1) is 9.79. The second-order valence-corrected chi connectivity index (χ2v) is 4.23. The van der Waals surface area contributed by atoms with Gasteiger partial charge in [0.25, 0.3) is 5.91 Å². The van der Waals surface area contributed by atoms with Crippen molar-refractivity contribution < 1.29 is 9.18 Å². The Bertz CT molecular complexity index is 583. The van der Waals surface area contributed by atoms with E-state index in [2.05, 4.69) is 14.9 Å². The van der Waals surface area contributed by atoms with Crippen LogP contribution in [0.3, 0.4) is 0 Å². The first kappa shape index (κ1) is 14.1. The molecular weight excluding hydrogens is 276 g/mol. The summed E-state index contributed by atoms with van der Waals surface area (Å²) in [6.45, 7) is 0.503. The second-order valence-electron chi connectivity index (χ2n) is 4.09. The maximum Gasteiger partial charge on any atom is 0.251 e. The van der Waals surface area contributed by atoms with Crippen molar-refractivity contribution >= 4 is 24.0 Å². The first-order valence-corrected chi connectivity index (χ1v) is 6.34. The van der Waals surface area contributed by atoms with Gasteiger partial charge < -0.3 is 5.32 Å². The number of halogens is 1. The molecule has 0 aliphatic heterocycles. The van der Waals surface area contributed by atoms with Gasteiger partial charge in [0.15, 0.2) is 11.9 Å². The minimum atomic E-state index is -0.120. The zero-order chi connectivity index (χ0) is 14.2. The van der Waals surface area contributed by atoms with E-state index in [1.54, 1.807) is 24.3 Å². The van der Waals surface area contributed by atoms with Gasteiger partial charge in [-0.15, -0.1) is 0 Å². The van der Waals surface area contributed by atoms with Gasteiger partial charge in [-0.3, -0.25) is 9.18 Å². The Morgan fingerprint density at radius 3 is 2.50 bits per heavy atom. The number of hydrogen-bond acceptors (Lipinski definition) is 3. The average Bonchev–Trinajstić information content (AvgIpc) is 2.52. The van der Waals surface area contributed by atoms with E-state index in [1.807, 2.05) is 30.3 Å². The fourth-order valence-corrected chi connectivity index (χ4v) is 1.72. The molecule has 0 saturated heterocycles. The lowest BCUT2D eigenvalue weighted by Crippen LogP contribution is -2.22. The molecular formula is C15H13ClN2O2. The summed E-state index contributed by atoms with van der Waals surface area (Å²) >= 11 is 4.97. The molecule has 1 N–H and O–H groups in total. The van der Waals surface area contributed by atoms with E-state index in [1.165, 1.54) is 6.21 Å². The van der Waals surface area contributed by atoms with Crippen molar-refractivity contribution in [1.82, 2.24) is 5.32 Å². The van der Waals surface area contributed by atoms with E-state index < -0.39 is 0 Å². The molecule has 0 radical (unpaired) electrons. The molecule has 0 heterocycles. The molecule has 0 fully saturated rings. The highest BCUT2D eigenvalue weighted by molar-refractivity contribution is 6.07. The van der Waals surface area contributed by atoms with E-state index in [0.717, 1.165) is 11.1 Å². The quantitative estimate of drug-likeness (QED) is 0.679. The van der Waals surface area contributed by atoms with Gasteiger partial charge in [-0.25, -0.2) is 0 Å². The predicted octanol–water partition coefficient (Wildman–Crippen LogP) is 3.12. The molecule has 0 bridgehead atoms. The number of amides is 1. The molecule has 102 valence electrons. The lowest BCUT2D eigenvalue weighted by Gasteiger charge is -2.05. The van der Waals surface area contributed by atoms with Gasteiger partial charge in [0.2, 0.25) is 0 Å². The van der Waals surface area contributed by atoms with Crippen molar-refractivity contribution in [2.24, 2.45) is 5.16 Å². The van der Waals surface area contributed by atoms with Gasteiger partial charge in [0, 0.05) is 12.1 Å². The number of nitrogens with one attached hydrogen (secondary N) is 1. The van der Waals surface area contributed by atoms with Crippen LogP contribution in [0.4, 0.5) is 0 Å². The molecule has 4 nitrogen and oxygen atoms in total. The summed E-state index contributed by atoms with van der Waals surface area (Å²) in [5.41, 5.74) is 2.44. The Kier molecular flexibility index (Phi) is 5.15. The Labute approximate surface area is 122 Å². The monoisotopic (exact) mass is 288 g/mol. The number of carbonyl (C=O) groups is 1. The zero-order valence-corrected chi connectivity index (χ0v) is 11.4. The first-order valence-electron chi connectivity index (χ1n) is 6.03. The molecule has 2 aromatic carbocycles. The molecule has 0 unspecified atom stereocenters. The molecule has 2 rings (SSSR count). The molecule has 0 aliphatic rings. The maximum absolute atomic E-state index is 12.0. The third kappa shape index (κ3) is 4.10. The Morgan fingerprint density at radius 1 is 1.15 bits per heavy atom. The lowest BCUT2D eigenvalue weighted by atomic mass is 10.1. The number of carbonyl (C=O) groups excluding carboxylic acids is 1. The third-order valence-electron chi connectivity index (χ3n) is 2.71. The molecule has 0 aliphatic carbocycles. The van der Waals surface area contributed by atoms with Crippen molar-refractivity contribution in [3.63, 3.8) is 0 Å². The van der Waals surface area contributed by atoms with Gasteiger partial charge in [-0.1, -0.05) is 47.6 Å². The number of rotatable bonds is 5. The fraction of sp³-hybridized carbons (Fsp3) is 0.0667. The standard InChI is InChI=1S/C15H13ClN2O2/c16-20-18-11-13-6-8-14(9-7-13)15(19)17-10-12-4-2-1-3-5-12/h1-9,11H,10H2,(H,17,19). The summed E-state index contributed by atoms with van der Waals surface area (Å²) in [5.74, 6) is -0.120. The number of hydrogen-bond donors (Lipinski definition) is 1. The largest absolute Gasteiger partial charge is 0.348 e. The summed E-state index contributed by atoms with van der Waals surface area (Å²) in [7, 11) is 0. The van der Waals surface area contributed by atoms with E-state index in [9.17, 15) is 4.79 Å². The highest BCUT2D eigenvalue weighted by Crippen LogP contribution is 2.04. The molecule has 0 spiro atoms. The van der Waals surface area contributed by atoms with Crippen molar-refractivity contribution in [3.8, 4) is 0 Å². The topological polar surface area (TPSA) is 50.7 Å². The molecule has 5 heteroatoms. The summed E-state index contributed by atoms with van der Waals surface area (Å²) in [4.78, 5) is 12.0. The van der Waals surface area contributed by atoms with Crippen molar-refractivity contribution in [3.05, 3.63) is 71.3 Å². The Hall–Kier alpha value is -2.33. The number of oxime groups is 1. The Morgan fingerprint density at radius 2 is 1.85 bits per heavy atom. The molecule has 0 aromatic heterocycles. The van der Waals surface area contributed by atoms with Crippen LogP contribution in [0, 0.1) is 0 Å². The summed E-state index contributed by atoms with van der Waals surface area (Å²) in [6, 6.07) is 16.7. The molecule has 2 aromatic rings. The zero-order valence-electron chi connectivity index (χ0n) is 10.6. The lowest BCUT2D eigenvalue weighted by molar-refractivity contribution is 0.0951. The second kappa shape index (κ2) is 7.31. The van der Waals surface area contributed by atoms with Crippen LogP contribution < -0.4 is 5.32 Å². The van der Waals surface area contributed by atoms with Gasteiger partial charge >= 0.3 is 0 Å². The normalized spacial score (nSPS) is 10.4. The van der Waals surface area contributed by atoms with Crippen LogP contribution in [0.2, 0.25) is 0 Å². The van der Waals surface area contributed by atoms with Crippen LogP contribution in [0.25, 0.3) is 0 Å². The molecule has 0 atom stereocenters. The predicted molar refractivity (Wildman–Crippen MR) is 78.6 cm³/mol. The third-order valence-corrected chi connectivity index (χ3v) is 2.79. The molecule has 0 saturated carbocycles. The van der Waals surface area contributed by atoms with Crippen molar-refractivity contribution in [1.29, 1.82) is 0 Å². The van der Waals surface area contributed by atoms with E-state index in [4.69, 9.17) is 11.9 Å². The number of nitrogens with zero attached hydrogens (tertiary/aromatic N) is 1. The van der Waals surface area contributed by atoms with Crippen LogP contribution >= 0.6 is 11.9 Å².